The molecule has 20 nitrogen and oxygen atoms in total. The molecule has 0 amide bonds. The molecule has 0 unspecified atom stereocenters. The zero-order valence-corrected chi connectivity index (χ0v) is 51.5. The number of para-hydroxylation sites is 3. The number of aliphatic hydroxyl groups is 1. The minimum atomic E-state index is -0.599. The van der Waals surface area contributed by atoms with Crippen molar-refractivity contribution in [1.82, 2.24) is 14.7 Å². The van der Waals surface area contributed by atoms with E-state index >= 15 is 0 Å². The van der Waals surface area contributed by atoms with Gasteiger partial charge in [0.1, 0.15) is 50.7 Å². The van der Waals surface area contributed by atoms with Crippen molar-refractivity contribution in [2.45, 2.75) is 58.7 Å². The summed E-state index contributed by atoms with van der Waals surface area (Å²) in [5.74, 6) is 1.36. The maximum Gasteiger partial charge on any atom is 0.344 e. The van der Waals surface area contributed by atoms with E-state index in [1.165, 1.54) is 18.2 Å². The van der Waals surface area contributed by atoms with Gasteiger partial charge in [0.2, 0.25) is 0 Å². The van der Waals surface area contributed by atoms with Crippen LogP contribution in [0.25, 0.3) is 99.2 Å². The molecular weight excluding hydrogens is 1200 g/mol. The molecule has 94 heavy (non-hydrogen) atoms. The van der Waals surface area contributed by atoms with Crippen LogP contribution in [0.5, 0.6) is 17.2 Å². The maximum absolute atomic E-state index is 12.8. The van der Waals surface area contributed by atoms with Crippen LogP contribution >= 0.6 is 0 Å². The highest BCUT2D eigenvalue weighted by molar-refractivity contribution is 5.99. The minimum Gasteiger partial charge on any atom is -0.507 e. The Labute approximate surface area is 534 Å². The van der Waals surface area contributed by atoms with Crippen LogP contribution in [0, 0.1) is 11.8 Å². The molecule has 6 aromatic heterocycles. The van der Waals surface area contributed by atoms with Gasteiger partial charge < -0.3 is 51.7 Å². The van der Waals surface area contributed by atoms with E-state index in [4.69, 9.17) is 31.2 Å². The Morgan fingerprint density at radius 2 is 0.723 bits per heavy atom. The number of aliphatic hydroxyl groups excluding tert-OH is 1. The summed E-state index contributed by atoms with van der Waals surface area (Å²) in [5, 5.41) is 44.9. The summed E-state index contributed by atoms with van der Waals surface area (Å²) in [6.07, 6.45) is 4.94. The Kier molecular flexibility index (Phi) is 18.1. The molecule has 6 aromatic carbocycles. The lowest BCUT2D eigenvalue weighted by Crippen LogP contribution is -2.35. The standard InChI is InChI=1S/C26H25NO6.C25H23NO5.C23H19NO6/c28-12-9-16-7-10-27(11-8-16)15-21-22(29)6-5-18-19(14-24(30)33-25(18)21)20-13-17-3-1-2-4-23(17)32-26(20)31;1-15-8-10-26(11-9-15)14-20-21(27)7-6-17-18(13-23(28)31-24(17)20)19-12-16-4-2-3-5-22(16)30-25(19)29;25-19-6-5-15-16(17-11-14-3-1-2-4-20(14)29-23(17)27)12-21(26)30-22(15)18(19)13-24-7-9-28-10-8-24/h1-6,13-14,16,28-29H,7-12,15H2;2-7,12-13,15,27H,8-11,14H2,1H3;1-6,11-12,25H,7-10,13H2. The molecule has 12 aromatic rings. The van der Waals surface area contributed by atoms with Gasteiger partial charge in [0, 0.05) is 107 Å². The van der Waals surface area contributed by atoms with Gasteiger partial charge in [-0.2, -0.15) is 0 Å². The normalized spacial score (nSPS) is 15.4. The number of ether oxygens (including phenoxy) is 1. The zero-order chi connectivity index (χ0) is 65.1. The first-order valence-corrected chi connectivity index (χ1v) is 31.4. The molecule has 4 N–H and O–H groups in total. The van der Waals surface area contributed by atoms with E-state index in [0.717, 1.165) is 74.4 Å². The van der Waals surface area contributed by atoms with Gasteiger partial charge in [0.15, 0.2) is 0 Å². The Balaban J connectivity index is 0.000000128. The van der Waals surface area contributed by atoms with E-state index in [2.05, 4.69) is 21.6 Å². The minimum absolute atomic E-state index is 0.0415. The molecule has 0 aliphatic carbocycles. The fraction of sp³-hybridized carbons (Fsp3) is 0.270. The number of hydrogen-bond acceptors (Lipinski definition) is 20. The molecular formula is C74H67N3O17. The average molecular weight is 1270 g/mol. The molecule has 0 atom stereocenters. The van der Waals surface area contributed by atoms with Crippen molar-refractivity contribution in [3.8, 4) is 50.6 Å². The van der Waals surface area contributed by atoms with Crippen LogP contribution < -0.4 is 33.8 Å². The number of phenolic OH excluding ortho intramolecular Hbond substituents is 3. The van der Waals surface area contributed by atoms with Gasteiger partial charge in [-0.15, -0.1) is 0 Å². The lowest BCUT2D eigenvalue weighted by atomic mass is 9.93. The van der Waals surface area contributed by atoms with E-state index in [1.807, 2.05) is 36.4 Å². The topological polar surface area (TPSA) is 281 Å². The molecule has 0 radical (unpaired) electrons. The smallest absolute Gasteiger partial charge is 0.344 e. The molecule has 9 heterocycles. The third-order valence-corrected chi connectivity index (χ3v) is 18.1. The molecule has 480 valence electrons. The van der Waals surface area contributed by atoms with E-state index in [0.29, 0.717) is 135 Å². The van der Waals surface area contributed by atoms with E-state index in [1.54, 1.807) is 91.0 Å². The Hall–Kier alpha value is -10.2. The zero-order valence-electron chi connectivity index (χ0n) is 51.5. The van der Waals surface area contributed by atoms with Crippen LogP contribution in [-0.2, 0) is 24.4 Å². The number of likely N-dealkylation sites (tertiary alicyclic amines) is 2. The summed E-state index contributed by atoms with van der Waals surface area (Å²) in [4.78, 5) is 82.1. The van der Waals surface area contributed by atoms with Crippen LogP contribution in [0.15, 0.2) is 201 Å². The first-order chi connectivity index (χ1) is 45.6. The van der Waals surface area contributed by atoms with Crippen molar-refractivity contribution in [2.24, 2.45) is 11.8 Å². The Bertz CT molecular complexity index is 5220. The van der Waals surface area contributed by atoms with E-state index in [9.17, 15) is 49.2 Å². The summed E-state index contributed by atoms with van der Waals surface area (Å²) >= 11 is 0. The molecule has 3 aliphatic rings. The lowest BCUT2D eigenvalue weighted by molar-refractivity contribution is 0.0339. The third kappa shape index (κ3) is 13.2. The van der Waals surface area contributed by atoms with Crippen molar-refractivity contribution in [1.29, 1.82) is 0 Å². The van der Waals surface area contributed by atoms with Crippen molar-refractivity contribution < 1.29 is 51.7 Å². The predicted octanol–water partition coefficient (Wildman–Crippen LogP) is 11.5. The summed E-state index contributed by atoms with van der Waals surface area (Å²) in [6, 6.07) is 40.4. The highest BCUT2D eigenvalue weighted by Gasteiger charge is 2.26. The van der Waals surface area contributed by atoms with E-state index < -0.39 is 33.8 Å². The SMILES string of the molecule is CC1CCN(Cc2c(O)ccc3c(-c4cc5ccccc5oc4=O)cc(=O)oc23)CC1.O=c1cc(-c2cc3ccccc3oc2=O)c2ccc(O)c(CN3CCC(CCO)CC3)c2o1.O=c1cc(-c2cc3ccccc3oc2=O)c2ccc(O)c(CN3CCOCC3)c2o1. The van der Waals surface area contributed by atoms with Crippen LogP contribution in [0.1, 0.15) is 55.7 Å². The van der Waals surface area contributed by atoms with Gasteiger partial charge in [-0.05, 0) is 143 Å². The molecule has 3 fully saturated rings. The second-order valence-electron chi connectivity index (χ2n) is 24.3. The largest absolute Gasteiger partial charge is 0.507 e. The van der Waals surface area contributed by atoms with Crippen LogP contribution in [-0.4, -0.2) is 94.2 Å². The van der Waals surface area contributed by atoms with Gasteiger partial charge in [0.25, 0.3) is 0 Å². The number of phenols is 3. The summed E-state index contributed by atoms with van der Waals surface area (Å²) in [7, 11) is 0. The first kappa shape index (κ1) is 62.6. The number of piperidine rings is 2. The number of aromatic hydroxyl groups is 3. The lowest BCUT2D eigenvalue weighted by Gasteiger charge is -2.31. The average Bonchev–Trinajstić information content (AvgIpc) is 0.776. The van der Waals surface area contributed by atoms with Crippen molar-refractivity contribution in [3.63, 3.8) is 0 Å². The second kappa shape index (κ2) is 27.2. The molecule has 3 saturated heterocycles. The number of nitrogens with zero attached hydrogens (tertiary/aromatic N) is 3. The monoisotopic (exact) mass is 1270 g/mol. The van der Waals surface area contributed by atoms with Crippen LogP contribution in [0.2, 0.25) is 0 Å². The summed E-state index contributed by atoms with van der Waals surface area (Å²) in [6.45, 7) is 9.92. The van der Waals surface area contributed by atoms with Gasteiger partial charge in [-0.25, -0.2) is 28.8 Å². The summed E-state index contributed by atoms with van der Waals surface area (Å²) in [5.41, 5.74) is 2.66. The number of morpholine rings is 1. The van der Waals surface area contributed by atoms with Gasteiger partial charge >= 0.3 is 33.8 Å². The predicted molar refractivity (Wildman–Crippen MR) is 356 cm³/mol. The first-order valence-electron chi connectivity index (χ1n) is 31.4. The molecule has 0 spiro atoms. The number of fused-ring (bicyclic) bond motifs is 6. The Morgan fingerprint density at radius 3 is 1.07 bits per heavy atom. The highest BCUT2D eigenvalue weighted by Crippen LogP contribution is 2.38. The fourth-order valence-electron chi connectivity index (χ4n) is 13.0. The number of rotatable bonds is 11. The van der Waals surface area contributed by atoms with Crippen molar-refractivity contribution >= 4 is 65.8 Å². The second-order valence-corrected chi connectivity index (χ2v) is 24.3. The van der Waals surface area contributed by atoms with Gasteiger partial charge in [-0.1, -0.05) is 61.5 Å². The highest BCUT2D eigenvalue weighted by atomic mass is 16.5. The Morgan fingerprint density at radius 1 is 0.394 bits per heavy atom. The maximum atomic E-state index is 12.8. The van der Waals surface area contributed by atoms with Gasteiger partial charge in [0.05, 0.1) is 46.6 Å². The van der Waals surface area contributed by atoms with Crippen molar-refractivity contribution in [3.05, 3.63) is 225 Å². The van der Waals surface area contributed by atoms with Gasteiger partial charge in [-0.3, -0.25) is 14.7 Å². The molecule has 0 saturated carbocycles. The molecule has 20 heteroatoms. The van der Waals surface area contributed by atoms with Crippen LogP contribution in [0.4, 0.5) is 0 Å². The quantitative estimate of drug-likeness (QED) is 0.0876. The number of benzene rings is 6. The van der Waals surface area contributed by atoms with Crippen LogP contribution in [0.3, 0.4) is 0 Å². The molecule has 0 bridgehead atoms. The fourth-order valence-corrected chi connectivity index (χ4v) is 13.0. The molecule has 15 rings (SSSR count). The molecule has 3 aliphatic heterocycles. The third-order valence-electron chi connectivity index (χ3n) is 18.1. The summed E-state index contributed by atoms with van der Waals surface area (Å²) < 4.78 is 38.4. The van der Waals surface area contributed by atoms with Crippen molar-refractivity contribution in [2.75, 3.05) is 59.1 Å². The van der Waals surface area contributed by atoms with E-state index in [-0.39, 0.29) is 46.1 Å². The number of hydrogen-bond donors (Lipinski definition) is 4.